The summed E-state index contributed by atoms with van der Waals surface area (Å²) in [5.41, 5.74) is 1.11. The quantitative estimate of drug-likeness (QED) is 0.556. The number of aryl methyl sites for hydroxylation is 1. The Kier molecular flexibility index (Phi) is 6.47. The molecule has 0 aliphatic heterocycles. The van der Waals surface area contributed by atoms with Crippen molar-refractivity contribution in [3.8, 4) is 0 Å². The number of unbranched alkanes of at least 4 members (excludes halogenated alkanes) is 6. The lowest BCUT2D eigenvalue weighted by molar-refractivity contribution is 0.282. The standard InChI is InChI=1S/C15H22BrN3O/c16-15-10-13-11-18-19(14(13)12-17-15)8-6-4-2-1-3-5-7-9-20/h10-12,20H,1-9H2. The number of pyridine rings is 1. The minimum Gasteiger partial charge on any atom is -0.396 e. The Hall–Kier alpha value is -0.940. The van der Waals surface area contributed by atoms with Crippen molar-refractivity contribution in [2.45, 2.75) is 51.5 Å². The Morgan fingerprint density at radius 2 is 1.70 bits per heavy atom. The lowest BCUT2D eigenvalue weighted by Gasteiger charge is -2.04. The number of hydrogen-bond acceptors (Lipinski definition) is 3. The number of aromatic nitrogens is 3. The highest BCUT2D eigenvalue weighted by atomic mass is 79.9. The Morgan fingerprint density at radius 3 is 2.45 bits per heavy atom. The molecular weight excluding hydrogens is 318 g/mol. The van der Waals surface area contributed by atoms with Crippen molar-refractivity contribution in [1.82, 2.24) is 14.8 Å². The molecule has 1 N–H and O–H groups in total. The second kappa shape index (κ2) is 8.37. The van der Waals surface area contributed by atoms with Crippen LogP contribution in [0.1, 0.15) is 44.9 Å². The summed E-state index contributed by atoms with van der Waals surface area (Å²) in [5, 5.41) is 14.3. The molecule has 0 aromatic carbocycles. The van der Waals surface area contributed by atoms with Crippen molar-refractivity contribution < 1.29 is 5.11 Å². The van der Waals surface area contributed by atoms with Gasteiger partial charge in [0.1, 0.15) is 4.60 Å². The van der Waals surface area contributed by atoms with Crippen LogP contribution in [0.25, 0.3) is 10.9 Å². The SMILES string of the molecule is OCCCCCCCCCn1ncc2cc(Br)ncc21. The number of hydrogen-bond donors (Lipinski definition) is 1. The third-order valence-electron chi connectivity index (χ3n) is 3.52. The van der Waals surface area contributed by atoms with Gasteiger partial charge in [-0.15, -0.1) is 0 Å². The molecule has 0 saturated heterocycles. The van der Waals surface area contributed by atoms with Crippen LogP contribution in [0, 0.1) is 0 Å². The van der Waals surface area contributed by atoms with E-state index in [-0.39, 0.29) is 0 Å². The molecule has 2 aromatic rings. The Morgan fingerprint density at radius 1 is 1.00 bits per heavy atom. The second-order valence-electron chi connectivity index (χ2n) is 5.13. The van der Waals surface area contributed by atoms with Crippen LogP contribution in [-0.2, 0) is 6.54 Å². The van der Waals surface area contributed by atoms with E-state index >= 15 is 0 Å². The number of rotatable bonds is 9. The summed E-state index contributed by atoms with van der Waals surface area (Å²) in [5.74, 6) is 0. The van der Waals surface area contributed by atoms with E-state index in [2.05, 4.69) is 26.0 Å². The third-order valence-corrected chi connectivity index (χ3v) is 3.96. The van der Waals surface area contributed by atoms with E-state index in [9.17, 15) is 0 Å². The zero-order valence-corrected chi connectivity index (χ0v) is 13.3. The van der Waals surface area contributed by atoms with E-state index in [1.807, 2.05) is 23.1 Å². The summed E-state index contributed by atoms with van der Waals surface area (Å²) in [7, 11) is 0. The van der Waals surface area contributed by atoms with Crippen molar-refractivity contribution in [3.05, 3.63) is 23.1 Å². The van der Waals surface area contributed by atoms with Gasteiger partial charge in [0, 0.05) is 18.5 Å². The van der Waals surface area contributed by atoms with Gasteiger partial charge < -0.3 is 5.11 Å². The fraction of sp³-hybridized carbons (Fsp3) is 0.600. The van der Waals surface area contributed by atoms with Crippen LogP contribution >= 0.6 is 15.9 Å². The zero-order valence-electron chi connectivity index (χ0n) is 11.8. The summed E-state index contributed by atoms with van der Waals surface area (Å²) in [4.78, 5) is 4.26. The summed E-state index contributed by atoms with van der Waals surface area (Å²) in [6, 6.07) is 2.00. The van der Waals surface area contributed by atoms with Crippen molar-refractivity contribution in [2.75, 3.05) is 6.61 Å². The minimum absolute atomic E-state index is 0.330. The number of aliphatic hydroxyl groups excluding tert-OH is 1. The maximum atomic E-state index is 8.70. The Bertz CT molecular complexity index is 527. The number of nitrogens with zero attached hydrogens (tertiary/aromatic N) is 3. The minimum atomic E-state index is 0.330. The van der Waals surface area contributed by atoms with Crippen molar-refractivity contribution in [2.24, 2.45) is 0 Å². The van der Waals surface area contributed by atoms with Crippen LogP contribution in [0.4, 0.5) is 0 Å². The molecular formula is C15H22BrN3O. The van der Waals surface area contributed by atoms with Gasteiger partial charge in [0.25, 0.3) is 0 Å². The van der Waals surface area contributed by atoms with Crippen molar-refractivity contribution >= 4 is 26.8 Å². The molecule has 0 spiro atoms. The zero-order chi connectivity index (χ0) is 14.2. The van der Waals surface area contributed by atoms with Gasteiger partial charge >= 0.3 is 0 Å². The summed E-state index contributed by atoms with van der Waals surface area (Å²) in [6.45, 7) is 1.29. The molecule has 2 heterocycles. The topological polar surface area (TPSA) is 50.9 Å². The molecule has 2 rings (SSSR count). The van der Waals surface area contributed by atoms with Gasteiger partial charge in [-0.3, -0.25) is 4.68 Å². The van der Waals surface area contributed by atoms with E-state index in [1.165, 1.54) is 25.7 Å². The van der Waals surface area contributed by atoms with E-state index in [0.29, 0.717) is 6.61 Å². The molecule has 20 heavy (non-hydrogen) atoms. The van der Waals surface area contributed by atoms with Crippen molar-refractivity contribution in [3.63, 3.8) is 0 Å². The predicted octanol–water partition coefficient (Wildman–Crippen LogP) is 3.92. The van der Waals surface area contributed by atoms with E-state index in [1.54, 1.807) is 0 Å². The van der Waals surface area contributed by atoms with E-state index in [4.69, 9.17) is 5.11 Å². The monoisotopic (exact) mass is 339 g/mol. The maximum absolute atomic E-state index is 8.70. The molecule has 0 unspecified atom stereocenters. The summed E-state index contributed by atoms with van der Waals surface area (Å²) >= 11 is 3.38. The van der Waals surface area contributed by atoms with Crippen molar-refractivity contribution in [1.29, 1.82) is 0 Å². The van der Waals surface area contributed by atoms with Gasteiger partial charge in [0.05, 0.1) is 17.9 Å². The molecule has 0 radical (unpaired) electrons. The maximum Gasteiger partial charge on any atom is 0.106 e. The lowest BCUT2D eigenvalue weighted by atomic mass is 10.1. The molecule has 0 aliphatic carbocycles. The number of halogens is 1. The lowest BCUT2D eigenvalue weighted by Crippen LogP contribution is -2.00. The van der Waals surface area contributed by atoms with Crippen LogP contribution in [0.2, 0.25) is 0 Å². The molecule has 4 nitrogen and oxygen atoms in total. The summed E-state index contributed by atoms with van der Waals surface area (Å²) in [6.07, 6.45) is 12.1. The molecule has 0 bridgehead atoms. The van der Waals surface area contributed by atoms with Crippen LogP contribution < -0.4 is 0 Å². The van der Waals surface area contributed by atoms with Gasteiger partial charge in [0.2, 0.25) is 0 Å². The molecule has 5 heteroatoms. The van der Waals surface area contributed by atoms with Gasteiger partial charge in [0.15, 0.2) is 0 Å². The van der Waals surface area contributed by atoms with Gasteiger partial charge in [-0.05, 0) is 34.8 Å². The average Bonchev–Trinajstić information content (AvgIpc) is 2.84. The number of aliphatic hydroxyl groups is 1. The van der Waals surface area contributed by atoms with Gasteiger partial charge in [-0.2, -0.15) is 5.10 Å². The number of fused-ring (bicyclic) bond motifs is 1. The first kappa shape index (κ1) is 15.4. The molecule has 0 aliphatic rings. The first-order valence-corrected chi connectivity index (χ1v) is 8.18. The normalized spacial score (nSPS) is 11.3. The first-order valence-electron chi connectivity index (χ1n) is 7.39. The highest BCUT2D eigenvalue weighted by Gasteiger charge is 2.03. The van der Waals surface area contributed by atoms with Gasteiger partial charge in [-0.1, -0.05) is 32.1 Å². The molecule has 0 saturated carbocycles. The second-order valence-corrected chi connectivity index (χ2v) is 5.94. The predicted molar refractivity (Wildman–Crippen MR) is 84.6 cm³/mol. The van der Waals surface area contributed by atoms with E-state index < -0.39 is 0 Å². The molecule has 110 valence electrons. The largest absolute Gasteiger partial charge is 0.396 e. The fourth-order valence-corrected chi connectivity index (χ4v) is 2.73. The third kappa shape index (κ3) is 4.56. The van der Waals surface area contributed by atoms with Crippen LogP contribution in [0.3, 0.4) is 0 Å². The highest BCUT2D eigenvalue weighted by Crippen LogP contribution is 2.17. The highest BCUT2D eigenvalue weighted by molar-refractivity contribution is 9.10. The first-order chi connectivity index (χ1) is 9.81. The molecule has 2 aromatic heterocycles. The Balaban J connectivity index is 1.68. The average molecular weight is 340 g/mol. The van der Waals surface area contributed by atoms with E-state index in [0.717, 1.165) is 41.3 Å². The molecule has 0 amide bonds. The van der Waals surface area contributed by atoms with Crippen LogP contribution in [0.15, 0.2) is 23.1 Å². The smallest absolute Gasteiger partial charge is 0.106 e. The Labute approximate surface area is 128 Å². The molecule has 0 fully saturated rings. The fourth-order valence-electron chi connectivity index (χ4n) is 2.39. The summed E-state index contributed by atoms with van der Waals surface area (Å²) < 4.78 is 2.90. The van der Waals surface area contributed by atoms with Crippen LogP contribution in [0.5, 0.6) is 0 Å². The van der Waals surface area contributed by atoms with Gasteiger partial charge in [-0.25, -0.2) is 4.98 Å². The molecule has 0 atom stereocenters. The van der Waals surface area contributed by atoms with Crippen LogP contribution in [-0.4, -0.2) is 26.5 Å².